The van der Waals surface area contributed by atoms with Crippen LogP contribution in [-0.4, -0.2) is 37.8 Å². The van der Waals surface area contributed by atoms with E-state index in [2.05, 4.69) is 0 Å². The summed E-state index contributed by atoms with van der Waals surface area (Å²) in [5.74, 6) is -0.940. The van der Waals surface area contributed by atoms with Crippen LogP contribution in [0.2, 0.25) is 0 Å². The van der Waals surface area contributed by atoms with Crippen LogP contribution in [0.3, 0.4) is 0 Å². The molecule has 2 heterocycles. The number of carbonyl (C=O) groups is 2. The number of rotatable bonds is 6. The van der Waals surface area contributed by atoms with Crippen molar-refractivity contribution in [3.63, 3.8) is 0 Å². The fourth-order valence-corrected chi connectivity index (χ4v) is 6.78. The van der Waals surface area contributed by atoms with Gasteiger partial charge in [-0.2, -0.15) is 0 Å². The lowest BCUT2D eigenvalue weighted by atomic mass is 9.78. The zero-order chi connectivity index (χ0) is 26.2. The Labute approximate surface area is 217 Å². The third-order valence-electron chi connectivity index (χ3n) is 6.99. The molecule has 0 N–H and O–H groups in total. The number of sulfonamides is 1. The summed E-state index contributed by atoms with van der Waals surface area (Å²) in [5, 5.41) is 0. The topological polar surface area (TPSA) is 84.0 Å². The predicted molar refractivity (Wildman–Crippen MR) is 140 cm³/mol. The molecular weight excluding hydrogens is 488 g/mol. The van der Waals surface area contributed by atoms with Gasteiger partial charge in [0.05, 0.1) is 23.7 Å². The van der Waals surface area contributed by atoms with E-state index in [1.807, 2.05) is 61.5 Å². The Kier molecular flexibility index (Phi) is 6.37. The highest BCUT2D eigenvalue weighted by Crippen LogP contribution is 2.54. The molecule has 1 unspecified atom stereocenters. The first-order valence-electron chi connectivity index (χ1n) is 12.2. The van der Waals surface area contributed by atoms with Gasteiger partial charge in [-0.1, -0.05) is 66.2 Å². The first-order valence-corrected chi connectivity index (χ1v) is 13.7. The van der Waals surface area contributed by atoms with Gasteiger partial charge >= 0.3 is 5.97 Å². The number of para-hydroxylation sites is 1. The molecule has 190 valence electrons. The second-order valence-corrected chi connectivity index (χ2v) is 11.1. The number of hydrogen-bond donors (Lipinski definition) is 0. The Hall–Kier alpha value is -3.91. The minimum Gasteiger partial charge on any atom is -0.463 e. The number of ether oxygens (including phenoxy) is 1. The molecule has 37 heavy (non-hydrogen) atoms. The summed E-state index contributed by atoms with van der Waals surface area (Å²) in [6.07, 6.45) is 1.40. The minimum atomic E-state index is -4.04. The maximum absolute atomic E-state index is 14.3. The van der Waals surface area contributed by atoms with Crippen LogP contribution < -0.4 is 4.90 Å². The maximum Gasteiger partial charge on any atom is 0.332 e. The monoisotopic (exact) mass is 516 g/mol. The Morgan fingerprint density at radius 1 is 1.00 bits per heavy atom. The van der Waals surface area contributed by atoms with E-state index in [0.29, 0.717) is 17.8 Å². The highest BCUT2D eigenvalue weighted by molar-refractivity contribution is 7.89. The molecule has 0 radical (unpaired) electrons. The average Bonchev–Trinajstić information content (AvgIpc) is 3.38. The zero-order valence-electron chi connectivity index (χ0n) is 20.8. The fraction of sp³-hybridized carbons (Fsp3) is 0.241. The van der Waals surface area contributed by atoms with Crippen LogP contribution in [0.15, 0.2) is 95.5 Å². The molecule has 1 atom stereocenters. The molecule has 0 aliphatic carbocycles. The number of anilines is 1. The van der Waals surface area contributed by atoms with Crippen LogP contribution in [0.1, 0.15) is 30.0 Å². The van der Waals surface area contributed by atoms with E-state index >= 15 is 0 Å². The van der Waals surface area contributed by atoms with Gasteiger partial charge in [0.25, 0.3) is 10.0 Å². The number of hydrogen-bond acceptors (Lipinski definition) is 5. The molecule has 2 aliphatic heterocycles. The van der Waals surface area contributed by atoms with Crippen LogP contribution >= 0.6 is 0 Å². The van der Waals surface area contributed by atoms with E-state index in [4.69, 9.17) is 4.74 Å². The minimum absolute atomic E-state index is 0.0562. The van der Waals surface area contributed by atoms with Gasteiger partial charge in [-0.15, -0.1) is 0 Å². The molecule has 7 nitrogen and oxygen atoms in total. The van der Waals surface area contributed by atoms with Gasteiger partial charge < -0.3 is 9.64 Å². The summed E-state index contributed by atoms with van der Waals surface area (Å²) in [6.45, 7) is 4.07. The number of esters is 1. The number of benzene rings is 3. The normalized spacial score (nSPS) is 20.1. The lowest BCUT2D eigenvalue weighted by Crippen LogP contribution is -2.42. The largest absolute Gasteiger partial charge is 0.463 e. The highest BCUT2D eigenvalue weighted by atomic mass is 32.2. The van der Waals surface area contributed by atoms with Gasteiger partial charge in [-0.3, -0.25) is 9.10 Å². The van der Waals surface area contributed by atoms with E-state index in [9.17, 15) is 18.0 Å². The molecular formula is C29H28N2O5S. The molecule has 1 spiro atoms. The molecule has 1 saturated heterocycles. The molecule has 0 bridgehead atoms. The van der Waals surface area contributed by atoms with E-state index in [-0.39, 0.29) is 36.1 Å². The standard InChI is InChI=1S/C29H28N2O5S/c1-3-36-27(32)19-26-29(17-18-31(26)37(34,35)23-15-13-21(2)14-16-23)24-11-7-8-12-25(24)30(28(29)33)20-22-9-5-4-6-10-22/h4-16,19H,3,17-18,20H2,1-2H3/b26-19-. The van der Waals surface area contributed by atoms with Crippen molar-refractivity contribution in [1.29, 1.82) is 0 Å². The Bertz CT molecular complexity index is 1480. The highest BCUT2D eigenvalue weighted by Gasteiger charge is 2.59. The summed E-state index contributed by atoms with van der Waals surface area (Å²) in [4.78, 5) is 28.8. The van der Waals surface area contributed by atoms with Crippen molar-refractivity contribution in [2.45, 2.75) is 37.1 Å². The molecule has 3 aromatic carbocycles. The van der Waals surface area contributed by atoms with E-state index < -0.39 is 21.4 Å². The fourth-order valence-electron chi connectivity index (χ4n) is 5.25. The number of amides is 1. The number of fused-ring (bicyclic) bond motifs is 2. The van der Waals surface area contributed by atoms with Crippen molar-refractivity contribution in [2.24, 2.45) is 0 Å². The lowest BCUT2D eigenvalue weighted by molar-refractivity contribution is -0.137. The van der Waals surface area contributed by atoms with Crippen LogP contribution in [-0.2, 0) is 36.3 Å². The smallest absolute Gasteiger partial charge is 0.332 e. The van der Waals surface area contributed by atoms with Crippen LogP contribution in [0.5, 0.6) is 0 Å². The van der Waals surface area contributed by atoms with Crippen LogP contribution in [0, 0.1) is 6.92 Å². The molecule has 0 saturated carbocycles. The molecule has 8 heteroatoms. The summed E-state index contributed by atoms with van der Waals surface area (Å²) in [6, 6.07) is 23.6. The third-order valence-corrected chi connectivity index (χ3v) is 8.82. The molecule has 3 aromatic rings. The average molecular weight is 517 g/mol. The number of aryl methyl sites for hydroxylation is 1. The van der Waals surface area contributed by atoms with Crippen molar-refractivity contribution in [2.75, 3.05) is 18.1 Å². The lowest BCUT2D eigenvalue weighted by Gasteiger charge is -2.28. The second-order valence-electron chi connectivity index (χ2n) is 9.22. The summed E-state index contributed by atoms with van der Waals surface area (Å²) < 4.78 is 34.0. The van der Waals surface area contributed by atoms with Gasteiger partial charge in [0.15, 0.2) is 0 Å². The summed E-state index contributed by atoms with van der Waals surface area (Å²) >= 11 is 0. The zero-order valence-corrected chi connectivity index (χ0v) is 21.6. The van der Waals surface area contributed by atoms with Crippen molar-refractivity contribution >= 4 is 27.6 Å². The number of carbonyl (C=O) groups excluding carboxylic acids is 2. The van der Waals surface area contributed by atoms with Crippen molar-refractivity contribution in [1.82, 2.24) is 4.31 Å². The van der Waals surface area contributed by atoms with Crippen molar-refractivity contribution in [3.8, 4) is 0 Å². The summed E-state index contributed by atoms with van der Waals surface area (Å²) in [7, 11) is -4.04. The van der Waals surface area contributed by atoms with E-state index in [1.165, 1.54) is 10.4 Å². The maximum atomic E-state index is 14.3. The number of nitrogens with zero attached hydrogens (tertiary/aromatic N) is 2. The molecule has 1 fully saturated rings. The van der Waals surface area contributed by atoms with Crippen LogP contribution in [0.25, 0.3) is 0 Å². The summed E-state index contributed by atoms with van der Waals surface area (Å²) in [5.41, 5.74) is 2.07. The van der Waals surface area contributed by atoms with Crippen molar-refractivity contribution in [3.05, 3.63) is 107 Å². The van der Waals surface area contributed by atoms with Gasteiger partial charge in [0, 0.05) is 18.3 Å². The Balaban J connectivity index is 1.66. The van der Waals surface area contributed by atoms with Gasteiger partial charge in [0.1, 0.15) is 5.41 Å². The first kappa shape index (κ1) is 24.8. The molecule has 1 amide bonds. The predicted octanol–water partition coefficient (Wildman–Crippen LogP) is 4.32. The van der Waals surface area contributed by atoms with Crippen LogP contribution in [0.4, 0.5) is 5.69 Å². The Morgan fingerprint density at radius 3 is 2.38 bits per heavy atom. The van der Waals surface area contributed by atoms with Gasteiger partial charge in [-0.05, 0) is 49.6 Å². The Morgan fingerprint density at radius 2 is 1.68 bits per heavy atom. The molecule has 0 aromatic heterocycles. The van der Waals surface area contributed by atoms with Gasteiger partial charge in [0.2, 0.25) is 5.91 Å². The van der Waals surface area contributed by atoms with Gasteiger partial charge in [-0.25, -0.2) is 13.2 Å². The van der Waals surface area contributed by atoms with E-state index in [0.717, 1.165) is 11.1 Å². The van der Waals surface area contributed by atoms with Crippen molar-refractivity contribution < 1.29 is 22.7 Å². The SMILES string of the molecule is CCOC(=O)/C=C1\N(S(=O)(=O)c2ccc(C)cc2)CCC12C(=O)N(Cc1ccccc1)c1ccccc12. The first-order chi connectivity index (χ1) is 17.8. The molecule has 2 aliphatic rings. The molecule has 5 rings (SSSR count). The second kappa shape index (κ2) is 9.52. The van der Waals surface area contributed by atoms with E-state index in [1.54, 1.807) is 36.1 Å². The third kappa shape index (κ3) is 4.11. The quantitative estimate of drug-likeness (QED) is 0.360.